The Labute approximate surface area is 116 Å². The summed E-state index contributed by atoms with van der Waals surface area (Å²) in [6.07, 6.45) is 5.02. The second kappa shape index (κ2) is 9.82. The van der Waals surface area contributed by atoms with Gasteiger partial charge in [-0.3, -0.25) is 0 Å². The third-order valence-corrected chi connectivity index (χ3v) is 3.02. The van der Waals surface area contributed by atoms with Crippen LogP contribution < -0.4 is 4.74 Å². The molecule has 1 N–H and O–H groups in total. The number of aliphatic hydroxyl groups is 1. The lowest BCUT2D eigenvalue weighted by molar-refractivity contribution is 0.0168. The minimum absolute atomic E-state index is 0.0532. The summed E-state index contributed by atoms with van der Waals surface area (Å²) < 4.78 is 11.0. The van der Waals surface area contributed by atoms with E-state index in [1.54, 1.807) is 0 Å². The van der Waals surface area contributed by atoms with Crippen LogP contribution in [0, 0.1) is 0 Å². The summed E-state index contributed by atoms with van der Waals surface area (Å²) in [5, 5.41) is 8.66. The first-order valence-electron chi connectivity index (χ1n) is 7.32. The van der Waals surface area contributed by atoms with Crippen molar-refractivity contribution in [2.24, 2.45) is 0 Å². The lowest BCUT2D eigenvalue weighted by Crippen LogP contribution is -2.21. The number of rotatable bonds is 5. The third-order valence-electron chi connectivity index (χ3n) is 3.02. The molecular formula is C16H26O3. The zero-order valence-electron chi connectivity index (χ0n) is 12.1. The number of aliphatic hydroxyl groups excluding tert-OH is 1. The topological polar surface area (TPSA) is 38.7 Å². The second-order valence-corrected chi connectivity index (χ2v) is 4.41. The molecule has 19 heavy (non-hydrogen) atoms. The molecule has 1 saturated heterocycles. The van der Waals surface area contributed by atoms with Gasteiger partial charge in [0.05, 0.1) is 12.7 Å². The van der Waals surface area contributed by atoms with Crippen LogP contribution in [0.3, 0.4) is 0 Å². The number of hydrogen-bond donors (Lipinski definition) is 1. The fourth-order valence-corrected chi connectivity index (χ4v) is 2.12. The normalized spacial score (nSPS) is 18.4. The monoisotopic (exact) mass is 266 g/mol. The Morgan fingerprint density at radius 1 is 1.21 bits per heavy atom. The molecule has 2 rings (SSSR count). The molecule has 1 aromatic carbocycles. The van der Waals surface area contributed by atoms with E-state index in [1.807, 2.05) is 26.0 Å². The van der Waals surface area contributed by atoms with Gasteiger partial charge in [-0.05, 0) is 43.4 Å². The lowest BCUT2D eigenvalue weighted by Gasteiger charge is -2.22. The molecule has 1 aromatic rings. The van der Waals surface area contributed by atoms with Crippen LogP contribution >= 0.6 is 0 Å². The van der Waals surface area contributed by atoms with Crippen molar-refractivity contribution in [1.82, 2.24) is 0 Å². The Kier molecular flexibility index (Phi) is 8.26. The van der Waals surface area contributed by atoms with E-state index in [9.17, 15) is 0 Å². The SMILES string of the molecule is CC.OCCOc1ccc(CC2CCCCO2)cc1. The van der Waals surface area contributed by atoms with Crippen LogP contribution in [0.1, 0.15) is 38.7 Å². The van der Waals surface area contributed by atoms with Gasteiger partial charge in [-0.25, -0.2) is 0 Å². The van der Waals surface area contributed by atoms with Gasteiger partial charge in [0.15, 0.2) is 0 Å². The van der Waals surface area contributed by atoms with E-state index in [1.165, 1.54) is 24.8 Å². The molecule has 1 aliphatic heterocycles. The summed E-state index contributed by atoms with van der Waals surface area (Å²) in [5.74, 6) is 0.812. The van der Waals surface area contributed by atoms with E-state index in [-0.39, 0.29) is 6.61 Å². The predicted octanol–water partition coefficient (Wildman–Crippen LogP) is 3.20. The highest BCUT2D eigenvalue weighted by Crippen LogP contribution is 2.19. The van der Waals surface area contributed by atoms with Crippen molar-refractivity contribution in [3.8, 4) is 5.75 Å². The third kappa shape index (κ3) is 6.08. The largest absolute Gasteiger partial charge is 0.491 e. The molecule has 1 unspecified atom stereocenters. The Hall–Kier alpha value is -1.06. The second-order valence-electron chi connectivity index (χ2n) is 4.41. The fourth-order valence-electron chi connectivity index (χ4n) is 2.12. The quantitative estimate of drug-likeness (QED) is 0.889. The molecule has 1 heterocycles. The molecule has 0 saturated carbocycles. The average Bonchev–Trinajstić information content (AvgIpc) is 2.50. The van der Waals surface area contributed by atoms with Crippen LogP contribution in [0.25, 0.3) is 0 Å². The van der Waals surface area contributed by atoms with Crippen molar-refractivity contribution in [3.63, 3.8) is 0 Å². The Balaban J connectivity index is 0.000000861. The molecule has 108 valence electrons. The van der Waals surface area contributed by atoms with Gasteiger partial charge in [0, 0.05) is 6.61 Å². The van der Waals surface area contributed by atoms with Crippen LogP contribution in [-0.2, 0) is 11.2 Å². The van der Waals surface area contributed by atoms with E-state index < -0.39 is 0 Å². The molecule has 0 amide bonds. The summed E-state index contributed by atoms with van der Waals surface area (Å²) >= 11 is 0. The standard InChI is InChI=1S/C14H20O3.C2H6/c15-8-10-17-13-6-4-12(5-7-13)11-14-3-1-2-9-16-14;1-2/h4-7,14-15H,1-3,8-11H2;1-2H3. The van der Waals surface area contributed by atoms with Crippen molar-refractivity contribution in [2.75, 3.05) is 19.8 Å². The molecule has 0 radical (unpaired) electrons. The number of benzene rings is 1. The molecule has 0 spiro atoms. The Morgan fingerprint density at radius 2 is 1.95 bits per heavy atom. The van der Waals surface area contributed by atoms with Gasteiger partial charge in [-0.1, -0.05) is 26.0 Å². The van der Waals surface area contributed by atoms with E-state index in [4.69, 9.17) is 14.6 Å². The highest BCUT2D eigenvalue weighted by atomic mass is 16.5. The van der Waals surface area contributed by atoms with Gasteiger partial charge in [0.2, 0.25) is 0 Å². The van der Waals surface area contributed by atoms with Crippen LogP contribution in [0.5, 0.6) is 5.75 Å². The van der Waals surface area contributed by atoms with E-state index in [0.29, 0.717) is 12.7 Å². The van der Waals surface area contributed by atoms with Gasteiger partial charge in [-0.2, -0.15) is 0 Å². The van der Waals surface area contributed by atoms with Gasteiger partial charge < -0.3 is 14.6 Å². The number of hydrogen-bond acceptors (Lipinski definition) is 3. The summed E-state index contributed by atoms with van der Waals surface area (Å²) in [5.41, 5.74) is 1.29. The number of ether oxygens (including phenoxy) is 2. The zero-order valence-corrected chi connectivity index (χ0v) is 12.1. The fraction of sp³-hybridized carbons (Fsp3) is 0.625. The maximum atomic E-state index is 8.66. The van der Waals surface area contributed by atoms with Crippen molar-refractivity contribution >= 4 is 0 Å². The highest BCUT2D eigenvalue weighted by molar-refractivity contribution is 5.27. The smallest absolute Gasteiger partial charge is 0.119 e. The molecule has 0 aliphatic carbocycles. The average molecular weight is 266 g/mol. The lowest BCUT2D eigenvalue weighted by atomic mass is 10.0. The maximum absolute atomic E-state index is 8.66. The first-order valence-corrected chi connectivity index (χ1v) is 7.32. The zero-order chi connectivity index (χ0) is 13.9. The molecule has 1 atom stereocenters. The summed E-state index contributed by atoms with van der Waals surface area (Å²) in [6.45, 7) is 5.31. The van der Waals surface area contributed by atoms with Gasteiger partial charge in [0.1, 0.15) is 12.4 Å². The molecule has 0 aromatic heterocycles. The van der Waals surface area contributed by atoms with Crippen molar-refractivity contribution in [3.05, 3.63) is 29.8 Å². The first kappa shape index (κ1) is 16.0. The van der Waals surface area contributed by atoms with Gasteiger partial charge in [-0.15, -0.1) is 0 Å². The van der Waals surface area contributed by atoms with Crippen LogP contribution in [0.15, 0.2) is 24.3 Å². The Morgan fingerprint density at radius 3 is 2.53 bits per heavy atom. The predicted molar refractivity (Wildman–Crippen MR) is 77.7 cm³/mol. The first-order chi connectivity index (χ1) is 9.38. The molecule has 3 nitrogen and oxygen atoms in total. The maximum Gasteiger partial charge on any atom is 0.119 e. The highest BCUT2D eigenvalue weighted by Gasteiger charge is 2.14. The van der Waals surface area contributed by atoms with Gasteiger partial charge >= 0.3 is 0 Å². The van der Waals surface area contributed by atoms with Crippen molar-refractivity contribution in [1.29, 1.82) is 0 Å². The van der Waals surface area contributed by atoms with Crippen LogP contribution in [-0.4, -0.2) is 31.0 Å². The molecular weight excluding hydrogens is 240 g/mol. The van der Waals surface area contributed by atoms with E-state index >= 15 is 0 Å². The van der Waals surface area contributed by atoms with Gasteiger partial charge in [0.25, 0.3) is 0 Å². The minimum Gasteiger partial charge on any atom is -0.491 e. The van der Waals surface area contributed by atoms with Crippen molar-refractivity contribution < 1.29 is 14.6 Å². The Bertz CT molecular complexity index is 315. The molecule has 0 bridgehead atoms. The molecule has 3 heteroatoms. The summed E-state index contributed by atoms with van der Waals surface area (Å²) in [6, 6.07) is 8.05. The summed E-state index contributed by atoms with van der Waals surface area (Å²) in [7, 11) is 0. The van der Waals surface area contributed by atoms with Crippen LogP contribution in [0.4, 0.5) is 0 Å². The van der Waals surface area contributed by atoms with E-state index in [2.05, 4.69) is 12.1 Å². The van der Waals surface area contributed by atoms with Crippen molar-refractivity contribution in [2.45, 2.75) is 45.6 Å². The molecule has 1 fully saturated rings. The molecule has 1 aliphatic rings. The van der Waals surface area contributed by atoms with E-state index in [0.717, 1.165) is 18.8 Å². The summed E-state index contributed by atoms with van der Waals surface area (Å²) in [4.78, 5) is 0. The minimum atomic E-state index is 0.0532. The van der Waals surface area contributed by atoms with Crippen LogP contribution in [0.2, 0.25) is 0 Å².